The summed E-state index contributed by atoms with van der Waals surface area (Å²) in [7, 11) is -1.60. The number of ether oxygens (including phenoxy) is 1. The maximum atomic E-state index is 11.7. The van der Waals surface area contributed by atoms with Crippen LogP contribution >= 0.6 is 0 Å². The highest BCUT2D eigenvalue weighted by Crippen LogP contribution is 2.36. The Morgan fingerprint density at radius 2 is 1.52 bits per heavy atom. The third kappa shape index (κ3) is 7.31. The van der Waals surface area contributed by atoms with E-state index >= 15 is 0 Å². The molecule has 0 saturated heterocycles. The molecule has 23 heavy (non-hydrogen) atoms. The molecule has 0 heterocycles. The van der Waals surface area contributed by atoms with Gasteiger partial charge in [-0.1, -0.05) is 45.4 Å². The van der Waals surface area contributed by atoms with Crippen LogP contribution in [-0.4, -0.2) is 27.5 Å². The molecule has 1 aromatic rings. The predicted molar refractivity (Wildman–Crippen MR) is 98.3 cm³/mol. The topological polar surface area (TPSA) is 35.5 Å². The second kappa shape index (κ2) is 9.23. The van der Waals surface area contributed by atoms with Crippen molar-refractivity contribution in [3.05, 3.63) is 35.9 Å². The molecule has 0 N–H and O–H groups in total. The second-order valence-corrected chi connectivity index (χ2v) is 12.3. The number of rotatable bonds is 9. The van der Waals surface area contributed by atoms with Gasteiger partial charge < -0.3 is 9.16 Å². The molecule has 3 nitrogen and oxygen atoms in total. The largest absolute Gasteiger partial charge is 0.462 e. The normalized spacial score (nSPS) is 12.2. The molecule has 0 amide bonds. The fraction of sp³-hybridized carbons (Fsp3) is 0.632. The van der Waals surface area contributed by atoms with Gasteiger partial charge in [0.25, 0.3) is 0 Å². The highest BCUT2D eigenvalue weighted by molar-refractivity contribution is 6.74. The van der Waals surface area contributed by atoms with Crippen molar-refractivity contribution in [2.75, 3.05) is 13.2 Å². The van der Waals surface area contributed by atoms with Gasteiger partial charge in [-0.25, -0.2) is 4.79 Å². The summed E-state index contributed by atoms with van der Waals surface area (Å²) in [6.45, 7) is 12.7. The standard InChI is InChI=1S/C19H32O3Si/c1-19(2,3)23(4,5)22-16-12-7-6-11-15-21-18(20)17-13-9-8-10-14-17/h8-10,13-14H,6-7,11-12,15-16H2,1-5H3. The molecule has 0 atom stereocenters. The van der Waals surface area contributed by atoms with Gasteiger partial charge in [0.2, 0.25) is 0 Å². The van der Waals surface area contributed by atoms with Crippen LogP contribution in [0.2, 0.25) is 18.1 Å². The number of hydrogen-bond acceptors (Lipinski definition) is 3. The average molecular weight is 337 g/mol. The first-order valence-electron chi connectivity index (χ1n) is 8.60. The number of esters is 1. The van der Waals surface area contributed by atoms with Gasteiger partial charge in [0, 0.05) is 6.61 Å². The molecule has 0 aliphatic carbocycles. The van der Waals surface area contributed by atoms with Crippen LogP contribution < -0.4 is 0 Å². The van der Waals surface area contributed by atoms with Crippen molar-refractivity contribution >= 4 is 14.3 Å². The fourth-order valence-electron chi connectivity index (χ4n) is 1.92. The molecule has 0 spiro atoms. The molecule has 0 saturated carbocycles. The van der Waals surface area contributed by atoms with Crippen LogP contribution in [0.15, 0.2) is 30.3 Å². The smallest absolute Gasteiger partial charge is 0.338 e. The van der Waals surface area contributed by atoms with Crippen molar-refractivity contribution in [2.24, 2.45) is 0 Å². The van der Waals surface area contributed by atoms with E-state index in [1.165, 1.54) is 0 Å². The Morgan fingerprint density at radius 1 is 0.957 bits per heavy atom. The van der Waals surface area contributed by atoms with E-state index in [9.17, 15) is 4.79 Å². The predicted octanol–water partition coefficient (Wildman–Crippen LogP) is 5.43. The van der Waals surface area contributed by atoms with Gasteiger partial charge in [-0.2, -0.15) is 0 Å². The molecule has 0 aromatic heterocycles. The quantitative estimate of drug-likeness (QED) is 0.343. The third-order valence-corrected chi connectivity index (χ3v) is 9.09. The summed E-state index contributed by atoms with van der Waals surface area (Å²) in [5.74, 6) is -0.230. The lowest BCUT2D eigenvalue weighted by Gasteiger charge is -2.36. The van der Waals surface area contributed by atoms with Crippen LogP contribution in [0.3, 0.4) is 0 Å². The number of carbonyl (C=O) groups is 1. The third-order valence-electron chi connectivity index (χ3n) is 4.55. The highest BCUT2D eigenvalue weighted by atomic mass is 28.4. The Labute approximate surface area is 142 Å². The average Bonchev–Trinajstić information content (AvgIpc) is 2.49. The zero-order chi connectivity index (χ0) is 17.3. The molecule has 0 fully saturated rings. The van der Waals surface area contributed by atoms with Gasteiger partial charge in [-0.15, -0.1) is 0 Å². The van der Waals surface area contributed by atoms with Crippen LogP contribution in [0.5, 0.6) is 0 Å². The van der Waals surface area contributed by atoms with Crippen molar-refractivity contribution in [3.8, 4) is 0 Å². The molecule has 1 rings (SSSR count). The van der Waals surface area contributed by atoms with E-state index in [0.29, 0.717) is 12.2 Å². The van der Waals surface area contributed by atoms with Crippen molar-refractivity contribution in [3.63, 3.8) is 0 Å². The van der Waals surface area contributed by atoms with Crippen molar-refractivity contribution in [1.82, 2.24) is 0 Å². The van der Waals surface area contributed by atoms with E-state index < -0.39 is 8.32 Å². The molecule has 4 heteroatoms. The zero-order valence-corrected chi connectivity index (χ0v) is 16.4. The summed E-state index contributed by atoms with van der Waals surface area (Å²) >= 11 is 0. The summed E-state index contributed by atoms with van der Waals surface area (Å²) in [6, 6.07) is 9.14. The van der Waals surface area contributed by atoms with Gasteiger partial charge in [-0.3, -0.25) is 0 Å². The number of carbonyl (C=O) groups excluding carboxylic acids is 1. The van der Waals surface area contributed by atoms with Crippen LogP contribution in [0, 0.1) is 0 Å². The fourth-order valence-corrected chi connectivity index (χ4v) is 3.01. The van der Waals surface area contributed by atoms with Gasteiger partial charge in [0.1, 0.15) is 0 Å². The summed E-state index contributed by atoms with van der Waals surface area (Å²) in [6.07, 6.45) is 4.19. The van der Waals surface area contributed by atoms with Crippen LogP contribution in [0.25, 0.3) is 0 Å². The Kier molecular flexibility index (Phi) is 7.99. The monoisotopic (exact) mass is 336 g/mol. The molecule has 0 bridgehead atoms. The Balaban J connectivity index is 2.05. The second-order valence-electron chi connectivity index (χ2n) is 7.52. The highest BCUT2D eigenvalue weighted by Gasteiger charge is 2.36. The molecular formula is C19H32O3Si. The lowest BCUT2D eigenvalue weighted by Crippen LogP contribution is -2.40. The number of unbranched alkanes of at least 4 members (excludes halogenated alkanes) is 3. The lowest BCUT2D eigenvalue weighted by atomic mass is 10.2. The first-order chi connectivity index (χ1) is 10.7. The molecular weight excluding hydrogens is 304 g/mol. The maximum absolute atomic E-state index is 11.7. The maximum Gasteiger partial charge on any atom is 0.338 e. The molecule has 0 unspecified atom stereocenters. The van der Waals surface area contributed by atoms with E-state index in [0.717, 1.165) is 32.3 Å². The summed E-state index contributed by atoms with van der Waals surface area (Å²) in [5, 5.41) is 0.276. The summed E-state index contributed by atoms with van der Waals surface area (Å²) in [5.41, 5.74) is 0.621. The summed E-state index contributed by atoms with van der Waals surface area (Å²) < 4.78 is 11.4. The van der Waals surface area contributed by atoms with E-state index in [1.807, 2.05) is 18.2 Å². The van der Waals surface area contributed by atoms with Gasteiger partial charge in [-0.05, 0) is 49.5 Å². The van der Waals surface area contributed by atoms with E-state index in [4.69, 9.17) is 9.16 Å². The first kappa shape index (κ1) is 19.9. The first-order valence-corrected chi connectivity index (χ1v) is 11.5. The van der Waals surface area contributed by atoms with Crippen LogP contribution in [0.1, 0.15) is 56.8 Å². The Morgan fingerprint density at radius 3 is 2.09 bits per heavy atom. The van der Waals surface area contributed by atoms with E-state index in [2.05, 4.69) is 33.9 Å². The molecule has 0 aliphatic rings. The molecule has 0 radical (unpaired) electrons. The lowest BCUT2D eigenvalue weighted by molar-refractivity contribution is 0.0497. The summed E-state index contributed by atoms with van der Waals surface area (Å²) in [4.78, 5) is 11.7. The Bertz CT molecular complexity index is 463. The van der Waals surface area contributed by atoms with Gasteiger partial charge >= 0.3 is 5.97 Å². The van der Waals surface area contributed by atoms with Crippen molar-refractivity contribution in [1.29, 1.82) is 0 Å². The zero-order valence-electron chi connectivity index (χ0n) is 15.4. The van der Waals surface area contributed by atoms with Crippen LogP contribution in [0.4, 0.5) is 0 Å². The Hall–Kier alpha value is -1.13. The van der Waals surface area contributed by atoms with Gasteiger partial charge in [0.05, 0.1) is 12.2 Å². The number of hydrogen-bond donors (Lipinski definition) is 0. The minimum absolute atomic E-state index is 0.230. The van der Waals surface area contributed by atoms with Gasteiger partial charge in [0.15, 0.2) is 8.32 Å². The minimum atomic E-state index is -1.60. The SMILES string of the molecule is CC(C)(C)[Si](C)(C)OCCCCCCOC(=O)c1ccccc1. The number of benzene rings is 1. The van der Waals surface area contributed by atoms with Crippen molar-refractivity contribution < 1.29 is 14.0 Å². The van der Waals surface area contributed by atoms with Crippen LogP contribution in [-0.2, 0) is 9.16 Å². The minimum Gasteiger partial charge on any atom is -0.462 e. The molecule has 0 aliphatic heterocycles. The van der Waals surface area contributed by atoms with E-state index in [-0.39, 0.29) is 11.0 Å². The molecule has 130 valence electrons. The molecule has 1 aromatic carbocycles. The van der Waals surface area contributed by atoms with Crippen molar-refractivity contribution in [2.45, 2.75) is 64.6 Å². The van der Waals surface area contributed by atoms with E-state index in [1.54, 1.807) is 12.1 Å².